The van der Waals surface area contributed by atoms with Crippen molar-refractivity contribution < 1.29 is 19.8 Å². The van der Waals surface area contributed by atoms with Gasteiger partial charge >= 0.3 is 5.97 Å². The average molecular weight is 469 g/mol. The van der Waals surface area contributed by atoms with Crippen molar-refractivity contribution in [1.82, 2.24) is 0 Å². The molecular formula is C30H44O4. The molecular weight excluding hydrogens is 424 g/mol. The zero-order chi connectivity index (χ0) is 25.3. The number of carbonyl (C=O) groups is 2. The number of carboxylic acids is 1. The molecule has 0 amide bonds. The van der Waals surface area contributed by atoms with E-state index in [1.54, 1.807) is 6.92 Å². The van der Waals surface area contributed by atoms with Crippen LogP contribution in [0.2, 0.25) is 0 Å². The first-order chi connectivity index (χ1) is 15.7. The van der Waals surface area contributed by atoms with Crippen LogP contribution in [0, 0.1) is 39.4 Å². The van der Waals surface area contributed by atoms with Gasteiger partial charge in [-0.25, -0.2) is 4.79 Å². The first-order valence-corrected chi connectivity index (χ1v) is 13.2. The maximum atomic E-state index is 12.8. The van der Waals surface area contributed by atoms with Crippen LogP contribution >= 0.6 is 0 Å². The summed E-state index contributed by atoms with van der Waals surface area (Å²) in [5.41, 5.74) is 2.46. The van der Waals surface area contributed by atoms with E-state index < -0.39 is 12.1 Å². The molecule has 0 saturated heterocycles. The van der Waals surface area contributed by atoms with Gasteiger partial charge in [-0.15, -0.1) is 0 Å². The van der Waals surface area contributed by atoms with E-state index in [4.69, 9.17) is 5.11 Å². The van der Waals surface area contributed by atoms with Gasteiger partial charge < -0.3 is 10.2 Å². The van der Waals surface area contributed by atoms with Gasteiger partial charge in [0, 0.05) is 22.8 Å². The van der Waals surface area contributed by atoms with Crippen LogP contribution in [0.5, 0.6) is 0 Å². The van der Waals surface area contributed by atoms with Crippen molar-refractivity contribution in [3.05, 3.63) is 34.9 Å². The molecule has 0 bridgehead atoms. The Kier molecular flexibility index (Phi) is 6.12. The summed E-state index contributed by atoms with van der Waals surface area (Å²) >= 11 is 0. The minimum Gasteiger partial charge on any atom is -0.478 e. The molecule has 4 aliphatic rings. The molecule has 0 aromatic carbocycles. The molecule has 2 saturated carbocycles. The van der Waals surface area contributed by atoms with Crippen LogP contribution in [-0.4, -0.2) is 28.1 Å². The maximum Gasteiger partial charge on any atom is 0.330 e. The highest BCUT2D eigenvalue weighted by Gasteiger charge is 2.66. The van der Waals surface area contributed by atoms with E-state index in [9.17, 15) is 14.7 Å². The standard InChI is InChI=1S/C30H44O4/c1-18(9-8-10-19(2)26(33)34)22-17-25(32)30(7)21-11-12-23-27(3,4)24(31)14-15-28(23,5)20(21)13-16-29(22,30)6/h10-11,13,18,22-23,25,32H,8-9,12,14-17H2,1-7H3,(H,33,34)/t18-,22-,23+,25+,28-,29-,30-/m1/s1. The van der Waals surface area contributed by atoms with Crippen molar-refractivity contribution in [2.24, 2.45) is 39.4 Å². The van der Waals surface area contributed by atoms with Crippen LogP contribution < -0.4 is 0 Å². The summed E-state index contributed by atoms with van der Waals surface area (Å²) in [5.74, 6) is 0.618. The van der Waals surface area contributed by atoms with E-state index in [0.717, 1.165) is 38.5 Å². The molecule has 0 spiro atoms. The van der Waals surface area contributed by atoms with Crippen molar-refractivity contribution in [2.75, 3.05) is 0 Å². The molecule has 0 aromatic rings. The lowest BCUT2D eigenvalue weighted by Gasteiger charge is -2.60. The minimum absolute atomic E-state index is 0.0194. The summed E-state index contributed by atoms with van der Waals surface area (Å²) in [7, 11) is 0. The predicted octanol–water partition coefficient (Wildman–Crippen LogP) is 6.50. The van der Waals surface area contributed by atoms with E-state index in [1.165, 1.54) is 11.1 Å². The topological polar surface area (TPSA) is 74.6 Å². The van der Waals surface area contributed by atoms with E-state index in [-0.39, 0.29) is 21.7 Å². The largest absolute Gasteiger partial charge is 0.478 e. The molecule has 4 aliphatic carbocycles. The number of rotatable bonds is 5. The highest BCUT2D eigenvalue weighted by molar-refractivity contribution is 5.86. The Morgan fingerprint density at radius 1 is 1.18 bits per heavy atom. The number of ketones is 1. The fraction of sp³-hybridized carbons (Fsp3) is 0.733. The van der Waals surface area contributed by atoms with Crippen molar-refractivity contribution >= 4 is 11.8 Å². The molecule has 0 aliphatic heterocycles. The van der Waals surface area contributed by atoms with Crippen LogP contribution in [0.15, 0.2) is 34.9 Å². The van der Waals surface area contributed by atoms with Gasteiger partial charge in [0.1, 0.15) is 5.78 Å². The smallest absolute Gasteiger partial charge is 0.330 e. The zero-order valence-corrected chi connectivity index (χ0v) is 22.2. The second-order valence-corrected chi connectivity index (χ2v) is 13.0. The highest BCUT2D eigenvalue weighted by Crippen LogP contribution is 2.71. The van der Waals surface area contributed by atoms with Crippen LogP contribution in [-0.2, 0) is 9.59 Å². The Hall–Kier alpha value is -1.68. The summed E-state index contributed by atoms with van der Waals surface area (Å²) in [6.07, 6.45) is 12.2. The van der Waals surface area contributed by atoms with E-state index in [0.29, 0.717) is 35.5 Å². The van der Waals surface area contributed by atoms with Gasteiger partial charge in [-0.1, -0.05) is 59.8 Å². The molecule has 4 heteroatoms. The first-order valence-electron chi connectivity index (χ1n) is 13.2. The average Bonchev–Trinajstić information content (AvgIpc) is 2.98. The number of allylic oxidation sites excluding steroid dienone is 4. The molecule has 188 valence electrons. The van der Waals surface area contributed by atoms with E-state index in [1.807, 2.05) is 6.08 Å². The predicted molar refractivity (Wildman–Crippen MR) is 135 cm³/mol. The molecule has 0 radical (unpaired) electrons. The second kappa shape index (κ2) is 8.18. The van der Waals surface area contributed by atoms with Crippen molar-refractivity contribution in [2.45, 2.75) is 99.5 Å². The van der Waals surface area contributed by atoms with E-state index >= 15 is 0 Å². The molecule has 2 N–H and O–H groups in total. The Morgan fingerprint density at radius 3 is 2.50 bits per heavy atom. The number of fused-ring (bicyclic) bond motifs is 5. The normalized spacial score (nSPS) is 42.2. The number of carboxylic acid groups (broad SMARTS) is 1. The minimum atomic E-state index is -0.850. The Morgan fingerprint density at radius 2 is 1.85 bits per heavy atom. The third kappa shape index (κ3) is 3.34. The molecule has 2 fully saturated rings. The summed E-state index contributed by atoms with van der Waals surface area (Å²) in [6.45, 7) is 15.2. The molecule has 0 heterocycles. The maximum absolute atomic E-state index is 12.8. The number of aliphatic carboxylic acids is 1. The number of hydrogen-bond donors (Lipinski definition) is 2. The second-order valence-electron chi connectivity index (χ2n) is 13.0. The van der Waals surface area contributed by atoms with Crippen molar-refractivity contribution in [3.63, 3.8) is 0 Å². The molecule has 0 unspecified atom stereocenters. The molecule has 4 rings (SSSR count). The number of hydrogen-bond acceptors (Lipinski definition) is 3. The lowest BCUT2D eigenvalue weighted by Crippen LogP contribution is -2.54. The van der Waals surface area contributed by atoms with Crippen LogP contribution in [0.1, 0.15) is 93.4 Å². The first kappa shape index (κ1) is 25.4. The Balaban J connectivity index is 1.66. The fourth-order valence-corrected chi connectivity index (χ4v) is 8.60. The third-order valence-electron chi connectivity index (χ3n) is 11.2. The molecule has 34 heavy (non-hydrogen) atoms. The summed E-state index contributed by atoms with van der Waals surface area (Å²) < 4.78 is 0. The monoisotopic (exact) mass is 468 g/mol. The number of carbonyl (C=O) groups excluding carboxylic acids is 1. The van der Waals surface area contributed by atoms with Gasteiger partial charge in [-0.05, 0) is 85.2 Å². The summed E-state index contributed by atoms with van der Waals surface area (Å²) in [5, 5.41) is 20.8. The van der Waals surface area contributed by atoms with Gasteiger partial charge in [0.2, 0.25) is 0 Å². The van der Waals surface area contributed by atoms with Crippen LogP contribution in [0.25, 0.3) is 0 Å². The summed E-state index contributed by atoms with van der Waals surface area (Å²) in [4.78, 5) is 23.9. The lowest BCUT2D eigenvalue weighted by molar-refractivity contribution is -0.138. The summed E-state index contributed by atoms with van der Waals surface area (Å²) in [6, 6.07) is 0. The molecule has 4 nitrogen and oxygen atoms in total. The number of aliphatic hydroxyl groups is 1. The SMILES string of the molecule is CC(=CCC[C@@H](C)[C@H]1C[C@H](O)[C@@]2(C)C3=CC[C@H]4C(C)(C)C(=O)CC[C@]4(C)C3=CC[C@]12C)C(=O)O. The number of Topliss-reactive ketones (excluding diaryl/α,β-unsaturated/α-hetero) is 1. The lowest BCUT2D eigenvalue weighted by atomic mass is 9.44. The zero-order valence-electron chi connectivity index (χ0n) is 22.2. The Bertz CT molecular complexity index is 984. The molecule has 0 aromatic heterocycles. The van der Waals surface area contributed by atoms with Crippen LogP contribution in [0.3, 0.4) is 0 Å². The van der Waals surface area contributed by atoms with Crippen molar-refractivity contribution in [1.29, 1.82) is 0 Å². The van der Waals surface area contributed by atoms with Crippen LogP contribution in [0.4, 0.5) is 0 Å². The van der Waals surface area contributed by atoms with E-state index in [2.05, 4.69) is 53.7 Å². The van der Waals surface area contributed by atoms with Gasteiger partial charge in [0.15, 0.2) is 0 Å². The van der Waals surface area contributed by atoms with Gasteiger partial charge in [-0.2, -0.15) is 0 Å². The Labute approximate surface area is 205 Å². The van der Waals surface area contributed by atoms with Gasteiger partial charge in [0.05, 0.1) is 6.10 Å². The fourth-order valence-electron chi connectivity index (χ4n) is 8.60. The third-order valence-corrected chi connectivity index (χ3v) is 11.2. The molecule has 7 atom stereocenters. The number of aliphatic hydroxyl groups excluding tert-OH is 1. The van der Waals surface area contributed by atoms with Gasteiger partial charge in [0.25, 0.3) is 0 Å². The van der Waals surface area contributed by atoms with Gasteiger partial charge in [-0.3, -0.25) is 4.79 Å². The highest BCUT2D eigenvalue weighted by atomic mass is 16.4. The quantitative estimate of drug-likeness (QED) is 0.452. The van der Waals surface area contributed by atoms with Crippen molar-refractivity contribution in [3.8, 4) is 0 Å².